The molecule has 5 rings (SSSR count). The molecule has 29 heavy (non-hydrogen) atoms. The molecule has 0 saturated heterocycles. The fourth-order valence-electron chi connectivity index (χ4n) is 3.12. The van der Waals surface area contributed by atoms with Gasteiger partial charge in [-0.05, 0) is 42.0 Å². The average Bonchev–Trinajstić information content (AvgIpc) is 3.36. The van der Waals surface area contributed by atoms with Gasteiger partial charge < -0.3 is 4.42 Å². The summed E-state index contributed by atoms with van der Waals surface area (Å²) in [5, 5.41) is 1.51. The summed E-state index contributed by atoms with van der Waals surface area (Å²) in [6, 6.07) is 19.0. The second-order valence-electron chi connectivity index (χ2n) is 6.51. The van der Waals surface area contributed by atoms with Crippen molar-refractivity contribution in [2.45, 2.75) is 6.54 Å². The van der Waals surface area contributed by atoms with Crippen LogP contribution in [0.25, 0.3) is 21.2 Å². The molecule has 142 valence electrons. The molecule has 0 fully saturated rings. The Morgan fingerprint density at radius 2 is 2.00 bits per heavy atom. The lowest BCUT2D eigenvalue weighted by atomic mass is 10.2. The second kappa shape index (κ2) is 7.42. The number of pyridine rings is 1. The Labute approximate surface area is 178 Å². The lowest BCUT2D eigenvalue weighted by molar-refractivity contribution is 0.0960. The summed E-state index contributed by atoms with van der Waals surface area (Å²) in [5.74, 6) is 0.0544. The molecule has 0 saturated carbocycles. The number of furan rings is 1. The van der Waals surface area contributed by atoms with Crippen LogP contribution in [0.3, 0.4) is 0 Å². The second-order valence-corrected chi connectivity index (χ2v) is 8.43. The summed E-state index contributed by atoms with van der Waals surface area (Å²) in [4.78, 5) is 23.9. The smallest absolute Gasteiger partial charge is 0.296 e. The number of nitrogens with zero attached hydrogens (tertiary/aromatic N) is 3. The van der Waals surface area contributed by atoms with Gasteiger partial charge in [0.1, 0.15) is 5.58 Å². The molecule has 0 N–H and O–H groups in total. The summed E-state index contributed by atoms with van der Waals surface area (Å²) in [6.07, 6.45) is 3.47. The number of aromatic nitrogens is 2. The number of halogens is 1. The molecular formula is C22H14BrN3O2S. The first kappa shape index (κ1) is 18.0. The topological polar surface area (TPSA) is 59.2 Å². The SMILES string of the molecule is O=C(c1cc2ccccc2o1)N(Cc1cccnc1)c1nc2ccc(Br)cc2s1. The van der Waals surface area contributed by atoms with Crippen molar-refractivity contribution < 1.29 is 9.21 Å². The monoisotopic (exact) mass is 463 g/mol. The van der Waals surface area contributed by atoms with E-state index in [1.165, 1.54) is 11.3 Å². The van der Waals surface area contributed by atoms with Crippen LogP contribution in [0.1, 0.15) is 16.1 Å². The third-order valence-electron chi connectivity index (χ3n) is 4.52. The van der Waals surface area contributed by atoms with Gasteiger partial charge in [0.2, 0.25) is 0 Å². The quantitative estimate of drug-likeness (QED) is 0.325. The van der Waals surface area contributed by atoms with E-state index >= 15 is 0 Å². The van der Waals surface area contributed by atoms with Crippen LogP contribution in [0.4, 0.5) is 5.13 Å². The van der Waals surface area contributed by atoms with Crippen molar-refractivity contribution in [2.24, 2.45) is 0 Å². The summed E-state index contributed by atoms with van der Waals surface area (Å²) < 4.78 is 7.80. The molecule has 0 aliphatic carbocycles. The molecule has 7 heteroatoms. The van der Waals surface area contributed by atoms with E-state index in [0.29, 0.717) is 17.3 Å². The fourth-order valence-corrected chi connectivity index (χ4v) is 4.64. The first-order valence-corrected chi connectivity index (χ1v) is 10.5. The Bertz CT molecular complexity index is 1300. The molecule has 1 amide bonds. The minimum Gasteiger partial charge on any atom is -0.451 e. The number of benzene rings is 2. The highest BCUT2D eigenvalue weighted by atomic mass is 79.9. The Kier molecular flexibility index (Phi) is 4.61. The predicted molar refractivity (Wildman–Crippen MR) is 118 cm³/mol. The van der Waals surface area contributed by atoms with Gasteiger partial charge in [-0.25, -0.2) is 4.98 Å². The fraction of sp³-hybridized carbons (Fsp3) is 0.0455. The highest BCUT2D eigenvalue weighted by molar-refractivity contribution is 9.10. The molecule has 0 bridgehead atoms. The summed E-state index contributed by atoms with van der Waals surface area (Å²) in [6.45, 7) is 0.352. The number of thiazole rings is 1. The van der Waals surface area contributed by atoms with Gasteiger partial charge in [0.15, 0.2) is 10.9 Å². The predicted octanol–water partition coefficient (Wildman–Crippen LogP) is 6.05. The van der Waals surface area contributed by atoms with Crippen LogP contribution >= 0.6 is 27.3 Å². The van der Waals surface area contributed by atoms with Crippen LogP contribution in [-0.2, 0) is 6.54 Å². The van der Waals surface area contributed by atoms with Crippen molar-refractivity contribution in [3.8, 4) is 0 Å². The molecule has 0 unspecified atom stereocenters. The Balaban J connectivity index is 1.59. The summed E-state index contributed by atoms with van der Waals surface area (Å²) in [5.41, 5.74) is 2.45. The van der Waals surface area contributed by atoms with Crippen LogP contribution in [0.2, 0.25) is 0 Å². The van der Waals surface area contributed by atoms with Gasteiger partial charge in [-0.2, -0.15) is 0 Å². The largest absolute Gasteiger partial charge is 0.451 e. The maximum absolute atomic E-state index is 13.4. The van der Waals surface area contributed by atoms with Gasteiger partial charge in [-0.3, -0.25) is 14.7 Å². The van der Waals surface area contributed by atoms with E-state index in [1.54, 1.807) is 23.4 Å². The van der Waals surface area contributed by atoms with Crippen LogP contribution in [0, 0.1) is 0 Å². The van der Waals surface area contributed by atoms with Gasteiger partial charge in [0, 0.05) is 22.3 Å². The van der Waals surface area contributed by atoms with Gasteiger partial charge in [-0.15, -0.1) is 0 Å². The van der Waals surface area contributed by atoms with Gasteiger partial charge in [0.25, 0.3) is 5.91 Å². The van der Waals surface area contributed by atoms with Crippen LogP contribution in [-0.4, -0.2) is 15.9 Å². The van der Waals surface area contributed by atoms with E-state index < -0.39 is 0 Å². The van der Waals surface area contributed by atoms with E-state index in [9.17, 15) is 4.79 Å². The van der Waals surface area contributed by atoms with E-state index in [-0.39, 0.29) is 11.7 Å². The minimum atomic E-state index is -0.233. The van der Waals surface area contributed by atoms with E-state index in [1.807, 2.05) is 54.6 Å². The first-order chi connectivity index (χ1) is 14.2. The number of amides is 1. The van der Waals surface area contributed by atoms with Crippen molar-refractivity contribution >= 4 is 59.5 Å². The number of hydrogen-bond donors (Lipinski definition) is 0. The normalized spacial score (nSPS) is 11.2. The molecule has 5 aromatic rings. The van der Waals surface area contributed by atoms with Crippen molar-refractivity contribution in [2.75, 3.05) is 4.90 Å². The van der Waals surface area contributed by atoms with Crippen molar-refractivity contribution in [3.05, 3.63) is 88.9 Å². The molecule has 0 aliphatic rings. The van der Waals surface area contributed by atoms with Crippen LogP contribution in [0.5, 0.6) is 0 Å². The number of hydrogen-bond acceptors (Lipinski definition) is 5. The first-order valence-electron chi connectivity index (χ1n) is 8.93. The Hall–Kier alpha value is -3.03. The molecule has 0 spiro atoms. The third kappa shape index (κ3) is 3.54. The Morgan fingerprint density at radius 3 is 2.83 bits per heavy atom. The Morgan fingerprint density at radius 1 is 1.10 bits per heavy atom. The van der Waals surface area contributed by atoms with E-state index in [2.05, 4.69) is 20.9 Å². The maximum Gasteiger partial charge on any atom is 0.296 e. The number of carbonyl (C=O) groups excluding carboxylic acids is 1. The minimum absolute atomic E-state index is 0.233. The van der Waals surface area contributed by atoms with Gasteiger partial charge in [0.05, 0.1) is 16.8 Å². The molecule has 0 aliphatic heterocycles. The third-order valence-corrected chi connectivity index (χ3v) is 6.05. The number of fused-ring (bicyclic) bond motifs is 2. The van der Waals surface area contributed by atoms with Gasteiger partial charge >= 0.3 is 0 Å². The molecule has 3 aromatic heterocycles. The highest BCUT2D eigenvalue weighted by Gasteiger charge is 2.25. The molecule has 3 heterocycles. The molecule has 2 aromatic carbocycles. The van der Waals surface area contributed by atoms with E-state index in [4.69, 9.17) is 9.40 Å². The number of rotatable bonds is 4. The van der Waals surface area contributed by atoms with Crippen LogP contribution < -0.4 is 4.90 Å². The lowest BCUT2D eigenvalue weighted by Gasteiger charge is -2.18. The average molecular weight is 464 g/mol. The molecule has 5 nitrogen and oxygen atoms in total. The van der Waals surface area contributed by atoms with Crippen molar-refractivity contribution in [1.29, 1.82) is 0 Å². The number of anilines is 1. The zero-order chi connectivity index (χ0) is 19.8. The summed E-state index contributed by atoms with van der Waals surface area (Å²) >= 11 is 4.96. The standard InChI is InChI=1S/C22H14BrN3O2S/c23-16-7-8-17-20(11-16)29-22(25-17)26(13-14-4-3-9-24-12-14)21(27)19-10-15-5-1-2-6-18(15)28-19/h1-12H,13H2. The zero-order valence-corrected chi connectivity index (χ0v) is 17.5. The lowest BCUT2D eigenvalue weighted by Crippen LogP contribution is -2.30. The van der Waals surface area contributed by atoms with Crippen molar-refractivity contribution in [1.82, 2.24) is 9.97 Å². The van der Waals surface area contributed by atoms with Gasteiger partial charge in [-0.1, -0.05) is 51.5 Å². The van der Waals surface area contributed by atoms with Crippen molar-refractivity contribution in [3.63, 3.8) is 0 Å². The molecular weight excluding hydrogens is 450 g/mol. The maximum atomic E-state index is 13.4. The molecule has 0 atom stereocenters. The number of para-hydroxylation sites is 1. The number of carbonyl (C=O) groups is 1. The summed E-state index contributed by atoms with van der Waals surface area (Å²) in [7, 11) is 0. The van der Waals surface area contributed by atoms with Crippen LogP contribution in [0.15, 0.2) is 81.9 Å². The van der Waals surface area contributed by atoms with E-state index in [0.717, 1.165) is 25.6 Å². The highest BCUT2D eigenvalue weighted by Crippen LogP contribution is 2.33. The molecule has 0 radical (unpaired) electrons. The zero-order valence-electron chi connectivity index (χ0n) is 15.1.